The first-order valence-electron chi connectivity index (χ1n) is 9.25. The number of tetrazole rings is 1. The molecule has 1 aromatic carbocycles. The van der Waals surface area contributed by atoms with Gasteiger partial charge in [0.2, 0.25) is 11.8 Å². The molecule has 1 aliphatic carbocycles. The molecule has 2 aliphatic rings. The fourth-order valence-corrected chi connectivity index (χ4v) is 3.30. The predicted octanol–water partition coefficient (Wildman–Crippen LogP) is 0.370. The van der Waals surface area contributed by atoms with Gasteiger partial charge in [0.15, 0.2) is 5.82 Å². The van der Waals surface area contributed by atoms with Crippen LogP contribution in [0.1, 0.15) is 12.8 Å². The summed E-state index contributed by atoms with van der Waals surface area (Å²) in [5, 5.41) is 14.7. The summed E-state index contributed by atoms with van der Waals surface area (Å²) in [6.07, 6.45) is 2.04. The number of amides is 2. The summed E-state index contributed by atoms with van der Waals surface area (Å²) in [5.41, 5.74) is 1.72. The maximum atomic E-state index is 12.5. The van der Waals surface area contributed by atoms with Gasteiger partial charge >= 0.3 is 0 Å². The van der Waals surface area contributed by atoms with Crippen molar-refractivity contribution in [2.45, 2.75) is 12.8 Å². The second kappa shape index (κ2) is 7.34. The van der Waals surface area contributed by atoms with Crippen molar-refractivity contribution in [3.63, 3.8) is 0 Å². The van der Waals surface area contributed by atoms with Gasteiger partial charge in [-0.2, -0.15) is 0 Å². The molecule has 2 aromatic rings. The third kappa shape index (κ3) is 3.91. The van der Waals surface area contributed by atoms with E-state index in [1.807, 2.05) is 34.1 Å². The molecule has 9 nitrogen and oxygen atoms in total. The zero-order chi connectivity index (χ0) is 18.8. The predicted molar refractivity (Wildman–Crippen MR) is 98.6 cm³/mol. The molecule has 2 heterocycles. The minimum Gasteiger partial charge on any atom is -0.376 e. The van der Waals surface area contributed by atoms with Crippen LogP contribution in [0.15, 0.2) is 24.3 Å². The minimum atomic E-state index is 0.0410. The Hall–Kier alpha value is -2.97. The smallest absolute Gasteiger partial charge is 0.241 e. The van der Waals surface area contributed by atoms with Crippen molar-refractivity contribution in [3.05, 3.63) is 24.3 Å². The normalized spacial score (nSPS) is 17.1. The number of aryl methyl sites for hydroxylation is 1. The molecule has 9 heteroatoms. The van der Waals surface area contributed by atoms with Crippen LogP contribution >= 0.6 is 0 Å². The maximum absolute atomic E-state index is 12.5. The molecule has 0 spiro atoms. The van der Waals surface area contributed by atoms with E-state index in [4.69, 9.17) is 0 Å². The lowest BCUT2D eigenvalue weighted by Gasteiger charge is -2.35. The third-order valence-corrected chi connectivity index (χ3v) is 5.06. The second-order valence-corrected chi connectivity index (χ2v) is 7.04. The second-order valence-electron chi connectivity index (χ2n) is 7.04. The van der Waals surface area contributed by atoms with E-state index in [0.29, 0.717) is 32.0 Å². The molecule has 0 bridgehead atoms. The monoisotopic (exact) mass is 369 g/mol. The zero-order valence-electron chi connectivity index (χ0n) is 15.3. The molecule has 0 unspecified atom stereocenters. The highest BCUT2D eigenvalue weighted by molar-refractivity contribution is 5.83. The van der Waals surface area contributed by atoms with Gasteiger partial charge in [0.05, 0.1) is 6.54 Å². The summed E-state index contributed by atoms with van der Waals surface area (Å²) >= 11 is 0. The summed E-state index contributed by atoms with van der Waals surface area (Å²) in [6.45, 7) is 2.69. The number of piperazine rings is 1. The van der Waals surface area contributed by atoms with Gasteiger partial charge in [0.1, 0.15) is 0 Å². The number of hydrogen-bond acceptors (Lipinski definition) is 6. The van der Waals surface area contributed by atoms with Gasteiger partial charge in [-0.05, 0) is 35.4 Å². The van der Waals surface area contributed by atoms with E-state index in [0.717, 1.165) is 24.1 Å². The highest BCUT2D eigenvalue weighted by Crippen LogP contribution is 2.31. The van der Waals surface area contributed by atoms with Crippen LogP contribution in [0.5, 0.6) is 0 Å². The number of anilines is 1. The van der Waals surface area contributed by atoms with Crippen molar-refractivity contribution in [2.24, 2.45) is 13.0 Å². The minimum absolute atomic E-state index is 0.0410. The fourth-order valence-electron chi connectivity index (χ4n) is 3.30. The summed E-state index contributed by atoms with van der Waals surface area (Å²) in [7, 11) is 1.78. The standard InChI is InChI=1S/C18H23N7O2/c1-23-17(20-21-22-23)14-3-2-4-15(11-14)19-12-16(26)24-7-9-25(10-8-24)18(27)13-5-6-13/h2-4,11,13,19H,5-10,12H2,1H3. The molecule has 142 valence electrons. The Morgan fingerprint density at radius 3 is 2.56 bits per heavy atom. The first-order chi connectivity index (χ1) is 13.1. The topological polar surface area (TPSA) is 96.2 Å². The van der Waals surface area contributed by atoms with Gasteiger partial charge in [0.25, 0.3) is 0 Å². The van der Waals surface area contributed by atoms with E-state index < -0.39 is 0 Å². The van der Waals surface area contributed by atoms with Crippen LogP contribution in [-0.2, 0) is 16.6 Å². The van der Waals surface area contributed by atoms with E-state index in [1.54, 1.807) is 11.7 Å². The fraction of sp³-hybridized carbons (Fsp3) is 0.500. The molecule has 2 amide bonds. The molecular weight excluding hydrogens is 346 g/mol. The Morgan fingerprint density at radius 1 is 1.15 bits per heavy atom. The van der Waals surface area contributed by atoms with Crippen molar-refractivity contribution in [1.29, 1.82) is 0 Å². The van der Waals surface area contributed by atoms with Crippen molar-refractivity contribution in [1.82, 2.24) is 30.0 Å². The summed E-state index contributed by atoms with van der Waals surface area (Å²) in [4.78, 5) is 28.3. The summed E-state index contributed by atoms with van der Waals surface area (Å²) in [5.74, 6) is 1.21. The van der Waals surface area contributed by atoms with Crippen LogP contribution in [-0.4, -0.2) is 74.5 Å². The highest BCUT2D eigenvalue weighted by atomic mass is 16.2. The number of rotatable bonds is 5. The van der Waals surface area contributed by atoms with Crippen molar-refractivity contribution < 1.29 is 9.59 Å². The van der Waals surface area contributed by atoms with Crippen molar-refractivity contribution in [3.8, 4) is 11.4 Å². The molecule has 0 atom stereocenters. The molecule has 2 fully saturated rings. The van der Waals surface area contributed by atoms with Crippen molar-refractivity contribution >= 4 is 17.5 Å². The number of carbonyl (C=O) groups is 2. The quantitative estimate of drug-likeness (QED) is 0.818. The lowest BCUT2D eigenvalue weighted by atomic mass is 10.2. The molecule has 1 aliphatic heterocycles. The molecule has 27 heavy (non-hydrogen) atoms. The molecule has 1 aromatic heterocycles. The SMILES string of the molecule is Cn1nnnc1-c1cccc(NCC(=O)N2CCN(C(=O)C3CC3)CC2)c1. The largest absolute Gasteiger partial charge is 0.376 e. The van der Waals surface area contributed by atoms with Crippen LogP contribution in [0.3, 0.4) is 0 Å². The third-order valence-electron chi connectivity index (χ3n) is 5.06. The van der Waals surface area contributed by atoms with Crippen LogP contribution < -0.4 is 5.32 Å². The molecular formula is C18H23N7O2. The summed E-state index contributed by atoms with van der Waals surface area (Å²) in [6, 6.07) is 7.66. The zero-order valence-corrected chi connectivity index (χ0v) is 15.3. The lowest BCUT2D eigenvalue weighted by Crippen LogP contribution is -2.52. The average Bonchev–Trinajstić information content (AvgIpc) is 3.46. The molecule has 0 radical (unpaired) electrons. The molecule has 1 N–H and O–H groups in total. The van der Waals surface area contributed by atoms with E-state index >= 15 is 0 Å². The van der Waals surface area contributed by atoms with Gasteiger partial charge in [-0.3, -0.25) is 9.59 Å². The number of hydrogen-bond donors (Lipinski definition) is 1. The van der Waals surface area contributed by atoms with Gasteiger partial charge in [-0.15, -0.1) is 5.10 Å². The van der Waals surface area contributed by atoms with Gasteiger partial charge in [0, 0.05) is 50.4 Å². The molecule has 4 rings (SSSR count). The highest BCUT2D eigenvalue weighted by Gasteiger charge is 2.35. The first-order valence-corrected chi connectivity index (χ1v) is 9.25. The number of nitrogens with one attached hydrogen (secondary N) is 1. The number of carbonyl (C=O) groups excluding carboxylic acids is 2. The van der Waals surface area contributed by atoms with Crippen molar-refractivity contribution in [2.75, 3.05) is 38.0 Å². The Bertz CT molecular complexity index is 838. The number of benzene rings is 1. The van der Waals surface area contributed by atoms with E-state index in [2.05, 4.69) is 20.8 Å². The number of aromatic nitrogens is 4. The van der Waals surface area contributed by atoms with E-state index in [1.165, 1.54) is 0 Å². The van der Waals surface area contributed by atoms with Crippen LogP contribution in [0, 0.1) is 5.92 Å². The van der Waals surface area contributed by atoms with Crippen LogP contribution in [0.2, 0.25) is 0 Å². The van der Waals surface area contributed by atoms with Crippen LogP contribution in [0.4, 0.5) is 5.69 Å². The maximum Gasteiger partial charge on any atom is 0.241 e. The van der Waals surface area contributed by atoms with E-state index in [9.17, 15) is 9.59 Å². The Balaban J connectivity index is 1.29. The summed E-state index contributed by atoms with van der Waals surface area (Å²) < 4.78 is 1.60. The number of nitrogens with zero attached hydrogens (tertiary/aromatic N) is 6. The lowest BCUT2D eigenvalue weighted by molar-refractivity contribution is -0.139. The van der Waals surface area contributed by atoms with E-state index in [-0.39, 0.29) is 24.3 Å². The van der Waals surface area contributed by atoms with Gasteiger partial charge in [-0.1, -0.05) is 12.1 Å². The van der Waals surface area contributed by atoms with Gasteiger partial charge in [-0.25, -0.2) is 4.68 Å². The Labute approximate surface area is 157 Å². The molecule has 1 saturated heterocycles. The molecule has 1 saturated carbocycles. The van der Waals surface area contributed by atoms with Crippen LogP contribution in [0.25, 0.3) is 11.4 Å². The Morgan fingerprint density at radius 2 is 1.89 bits per heavy atom. The van der Waals surface area contributed by atoms with Gasteiger partial charge < -0.3 is 15.1 Å². The average molecular weight is 369 g/mol. The first kappa shape index (κ1) is 17.4. The Kier molecular flexibility index (Phi) is 4.74.